The molecule has 3 N–H and O–H groups in total. The molecule has 140 valence electrons. The van der Waals surface area contributed by atoms with E-state index in [1.807, 2.05) is 0 Å². The molecule has 5 nitrogen and oxygen atoms in total. The van der Waals surface area contributed by atoms with Crippen LogP contribution in [-0.2, 0) is 17.5 Å². The predicted molar refractivity (Wildman–Crippen MR) is 86.6 cm³/mol. The molecule has 0 spiro atoms. The van der Waals surface area contributed by atoms with Crippen LogP contribution >= 0.6 is 0 Å². The fourth-order valence-electron chi connectivity index (χ4n) is 2.52. The van der Waals surface area contributed by atoms with Crippen LogP contribution in [0.15, 0.2) is 23.2 Å². The lowest BCUT2D eigenvalue weighted by Gasteiger charge is -2.26. The van der Waals surface area contributed by atoms with Gasteiger partial charge in [0.2, 0.25) is 0 Å². The minimum Gasteiger partial charge on any atom is -0.379 e. The number of nitrogens with zero attached hydrogens (tertiary/aromatic N) is 2. The van der Waals surface area contributed by atoms with Crippen molar-refractivity contribution in [1.29, 1.82) is 0 Å². The first-order valence-electron chi connectivity index (χ1n) is 8.06. The fraction of sp³-hybridized carbons (Fsp3) is 0.562. The van der Waals surface area contributed by atoms with E-state index in [1.54, 1.807) is 0 Å². The zero-order valence-electron chi connectivity index (χ0n) is 13.8. The highest BCUT2D eigenvalue weighted by molar-refractivity contribution is 5.77. The molecule has 0 unspecified atom stereocenters. The summed E-state index contributed by atoms with van der Waals surface area (Å²) in [7, 11) is 0. The van der Waals surface area contributed by atoms with Crippen molar-refractivity contribution < 1.29 is 22.3 Å². The molecule has 0 aromatic heterocycles. The van der Waals surface area contributed by atoms with Gasteiger partial charge in [-0.25, -0.2) is 9.38 Å². The third-order valence-electron chi connectivity index (χ3n) is 3.86. The van der Waals surface area contributed by atoms with Crippen molar-refractivity contribution in [2.75, 3.05) is 39.4 Å². The second-order valence-electron chi connectivity index (χ2n) is 5.74. The summed E-state index contributed by atoms with van der Waals surface area (Å²) in [5, 5.41) is 2.88. The Morgan fingerprint density at radius 2 is 2.00 bits per heavy atom. The van der Waals surface area contributed by atoms with Gasteiger partial charge in [-0.1, -0.05) is 6.07 Å². The summed E-state index contributed by atoms with van der Waals surface area (Å²) in [6.45, 7) is 4.45. The van der Waals surface area contributed by atoms with E-state index in [9.17, 15) is 17.6 Å². The van der Waals surface area contributed by atoms with Gasteiger partial charge in [-0.05, 0) is 30.7 Å². The maximum absolute atomic E-state index is 13.1. The number of benzene rings is 1. The molecule has 0 atom stereocenters. The molecule has 1 heterocycles. The van der Waals surface area contributed by atoms with E-state index < -0.39 is 17.6 Å². The van der Waals surface area contributed by atoms with Gasteiger partial charge >= 0.3 is 6.18 Å². The maximum atomic E-state index is 13.1. The van der Waals surface area contributed by atoms with Crippen molar-refractivity contribution in [3.63, 3.8) is 0 Å². The van der Waals surface area contributed by atoms with E-state index in [-0.39, 0.29) is 18.1 Å². The topological polar surface area (TPSA) is 62.9 Å². The third-order valence-corrected chi connectivity index (χ3v) is 3.86. The second-order valence-corrected chi connectivity index (χ2v) is 5.74. The summed E-state index contributed by atoms with van der Waals surface area (Å²) in [6.07, 6.45) is -3.80. The minimum atomic E-state index is -4.63. The van der Waals surface area contributed by atoms with E-state index >= 15 is 0 Å². The van der Waals surface area contributed by atoms with Crippen LogP contribution in [0.2, 0.25) is 0 Å². The summed E-state index contributed by atoms with van der Waals surface area (Å²) in [5.41, 5.74) is 4.53. The zero-order chi connectivity index (χ0) is 18.3. The Bertz CT molecular complexity index is 586. The first-order chi connectivity index (χ1) is 11.9. The first kappa shape index (κ1) is 19.5. The first-order valence-corrected chi connectivity index (χ1v) is 8.06. The van der Waals surface area contributed by atoms with Crippen molar-refractivity contribution >= 4 is 5.96 Å². The standard InChI is InChI=1S/C16H22F4N4O/c17-13-3-2-12(14(10-13)16(18,19)20)11-23-15(21)22-4-1-5-24-6-8-25-9-7-24/h2-3,10H,1,4-9,11H2,(H3,21,22,23). The van der Waals surface area contributed by atoms with Gasteiger partial charge in [-0.3, -0.25) is 4.90 Å². The van der Waals surface area contributed by atoms with Crippen LogP contribution in [0.4, 0.5) is 17.6 Å². The van der Waals surface area contributed by atoms with Crippen molar-refractivity contribution in [3.8, 4) is 0 Å². The molecule has 0 radical (unpaired) electrons. The van der Waals surface area contributed by atoms with Gasteiger partial charge < -0.3 is 15.8 Å². The number of aliphatic imine (C=N–C) groups is 1. The number of nitrogens with two attached hydrogens (primary N) is 1. The van der Waals surface area contributed by atoms with Gasteiger partial charge in [0.15, 0.2) is 5.96 Å². The molecular weight excluding hydrogens is 340 g/mol. The lowest BCUT2D eigenvalue weighted by Crippen LogP contribution is -2.39. The van der Waals surface area contributed by atoms with E-state index in [1.165, 1.54) is 0 Å². The van der Waals surface area contributed by atoms with Crippen LogP contribution < -0.4 is 11.1 Å². The summed E-state index contributed by atoms with van der Waals surface area (Å²) >= 11 is 0. The van der Waals surface area contributed by atoms with Crippen molar-refractivity contribution in [2.24, 2.45) is 10.7 Å². The monoisotopic (exact) mass is 362 g/mol. The largest absolute Gasteiger partial charge is 0.416 e. The van der Waals surface area contributed by atoms with E-state index in [4.69, 9.17) is 10.5 Å². The number of hydrogen-bond donors (Lipinski definition) is 2. The Kier molecular flexibility index (Phi) is 7.01. The number of hydrogen-bond acceptors (Lipinski definition) is 3. The zero-order valence-corrected chi connectivity index (χ0v) is 13.8. The molecule has 2 rings (SSSR count). The summed E-state index contributed by atoms with van der Waals surface area (Å²) in [4.78, 5) is 6.18. The second kappa shape index (κ2) is 9.00. The summed E-state index contributed by atoms with van der Waals surface area (Å²) in [6, 6.07) is 2.52. The molecule has 1 fully saturated rings. The molecule has 0 saturated carbocycles. The molecule has 9 heteroatoms. The van der Waals surface area contributed by atoms with Crippen LogP contribution in [0.1, 0.15) is 17.5 Å². The highest BCUT2D eigenvalue weighted by Crippen LogP contribution is 2.32. The van der Waals surface area contributed by atoms with Gasteiger partial charge in [0.05, 0.1) is 25.3 Å². The average molecular weight is 362 g/mol. The summed E-state index contributed by atoms with van der Waals surface area (Å²) < 4.78 is 57.0. The Morgan fingerprint density at radius 3 is 2.68 bits per heavy atom. The lowest BCUT2D eigenvalue weighted by atomic mass is 10.1. The number of alkyl halides is 3. The normalized spacial score (nSPS) is 16.9. The molecule has 1 aromatic rings. The number of guanidine groups is 1. The minimum absolute atomic E-state index is 0.0689. The van der Waals surface area contributed by atoms with Crippen LogP contribution in [0.25, 0.3) is 0 Å². The third kappa shape index (κ3) is 6.50. The number of ether oxygens (including phenoxy) is 1. The molecule has 1 aromatic carbocycles. The van der Waals surface area contributed by atoms with Crippen molar-refractivity contribution in [2.45, 2.75) is 19.1 Å². The van der Waals surface area contributed by atoms with Gasteiger partial charge in [0.1, 0.15) is 5.82 Å². The van der Waals surface area contributed by atoms with Crippen molar-refractivity contribution in [1.82, 2.24) is 10.2 Å². The molecule has 1 aliphatic rings. The lowest BCUT2D eigenvalue weighted by molar-refractivity contribution is -0.138. The van der Waals surface area contributed by atoms with Crippen LogP contribution in [-0.4, -0.2) is 50.3 Å². The Morgan fingerprint density at radius 1 is 1.28 bits per heavy atom. The van der Waals surface area contributed by atoms with Crippen molar-refractivity contribution in [3.05, 3.63) is 35.1 Å². The predicted octanol–water partition coefficient (Wildman–Crippen LogP) is 1.97. The van der Waals surface area contributed by atoms with Crippen LogP contribution in [0.5, 0.6) is 0 Å². The van der Waals surface area contributed by atoms with Gasteiger partial charge in [-0.2, -0.15) is 13.2 Å². The maximum Gasteiger partial charge on any atom is 0.416 e. The fourth-order valence-corrected chi connectivity index (χ4v) is 2.52. The number of nitrogens with one attached hydrogen (secondary N) is 1. The van der Waals surface area contributed by atoms with E-state index in [0.717, 1.165) is 51.4 Å². The molecule has 0 bridgehead atoms. The number of rotatable bonds is 6. The quantitative estimate of drug-likeness (QED) is 0.352. The number of morpholine rings is 1. The molecular formula is C16H22F4N4O. The van der Waals surface area contributed by atoms with E-state index in [2.05, 4.69) is 15.2 Å². The smallest absolute Gasteiger partial charge is 0.379 e. The highest BCUT2D eigenvalue weighted by Gasteiger charge is 2.33. The molecule has 1 aliphatic heterocycles. The van der Waals surface area contributed by atoms with E-state index in [0.29, 0.717) is 12.6 Å². The number of halogens is 4. The highest BCUT2D eigenvalue weighted by atomic mass is 19.4. The van der Waals surface area contributed by atoms with Gasteiger partial charge in [0, 0.05) is 19.6 Å². The Labute approximate surface area is 143 Å². The average Bonchev–Trinajstić information content (AvgIpc) is 2.58. The Hall–Kier alpha value is -1.87. The summed E-state index contributed by atoms with van der Waals surface area (Å²) in [5.74, 6) is -0.867. The Balaban J connectivity index is 1.80. The van der Waals surface area contributed by atoms with Gasteiger partial charge in [0.25, 0.3) is 0 Å². The van der Waals surface area contributed by atoms with Crippen LogP contribution in [0, 0.1) is 5.82 Å². The molecule has 1 saturated heterocycles. The SMILES string of the molecule is NC(=NCc1ccc(F)cc1C(F)(F)F)NCCCN1CCOCC1. The molecule has 0 amide bonds. The molecule has 0 aliphatic carbocycles. The van der Waals surface area contributed by atoms with Gasteiger partial charge in [-0.15, -0.1) is 0 Å². The molecule has 25 heavy (non-hydrogen) atoms. The van der Waals surface area contributed by atoms with Crippen LogP contribution in [0.3, 0.4) is 0 Å².